The first-order chi connectivity index (χ1) is 19.6. The van der Waals surface area contributed by atoms with E-state index in [1.165, 1.54) is 6.20 Å². The average molecular weight is 567 g/mol. The van der Waals surface area contributed by atoms with Gasteiger partial charge in [-0.05, 0) is 52.0 Å². The van der Waals surface area contributed by atoms with Crippen molar-refractivity contribution in [2.24, 2.45) is 0 Å². The highest BCUT2D eigenvalue weighted by molar-refractivity contribution is 5.80. The van der Waals surface area contributed by atoms with Crippen molar-refractivity contribution in [3.63, 3.8) is 0 Å². The lowest BCUT2D eigenvalue weighted by Crippen LogP contribution is -2.23. The van der Waals surface area contributed by atoms with Crippen molar-refractivity contribution in [2.75, 3.05) is 18.0 Å². The number of pyridine rings is 2. The molecular weight excluding hydrogens is 537 g/mol. The highest BCUT2D eigenvalue weighted by Crippen LogP contribution is 2.34. The molecule has 0 aliphatic carbocycles. The van der Waals surface area contributed by atoms with Gasteiger partial charge in [-0.25, -0.2) is 9.50 Å². The minimum atomic E-state index is -4.42. The van der Waals surface area contributed by atoms with Gasteiger partial charge in [-0.2, -0.15) is 23.4 Å². The van der Waals surface area contributed by atoms with Crippen LogP contribution in [0.5, 0.6) is 11.6 Å². The molecule has 0 amide bonds. The van der Waals surface area contributed by atoms with Crippen molar-refractivity contribution in [3.05, 3.63) is 66.2 Å². The molecule has 0 aromatic carbocycles. The molecule has 10 nitrogen and oxygen atoms in total. The van der Waals surface area contributed by atoms with E-state index in [1.807, 2.05) is 26.0 Å². The molecule has 0 saturated heterocycles. The molecule has 1 atom stereocenters. The molecule has 214 valence electrons. The topological polar surface area (TPSA) is 106 Å². The fourth-order valence-corrected chi connectivity index (χ4v) is 4.61. The second kappa shape index (κ2) is 11.2. The maximum Gasteiger partial charge on any atom is 0.408 e. The third-order valence-electron chi connectivity index (χ3n) is 6.76. The lowest BCUT2D eigenvalue weighted by atomic mass is 10.0. The Bertz CT molecular complexity index is 1660. The second-order valence-corrected chi connectivity index (χ2v) is 9.48. The SMILES string of the molecule is CCN(CC)c1ccc(Oc2ccc3c(-c4ccc(C(C)O)c(-c5cnn(CC(F)(F)F)c5C)n4)cnn3c2)nn1. The number of alkyl halides is 3. The zero-order valence-corrected chi connectivity index (χ0v) is 23.0. The number of rotatable bonds is 9. The van der Waals surface area contributed by atoms with E-state index in [4.69, 9.17) is 9.72 Å². The van der Waals surface area contributed by atoms with Crippen LogP contribution in [-0.2, 0) is 6.54 Å². The summed E-state index contributed by atoms with van der Waals surface area (Å²) >= 11 is 0. The van der Waals surface area contributed by atoms with Crippen molar-refractivity contribution in [1.29, 1.82) is 0 Å². The minimum Gasteiger partial charge on any atom is -0.436 e. The van der Waals surface area contributed by atoms with E-state index >= 15 is 0 Å². The predicted octanol–water partition coefficient (Wildman–Crippen LogP) is 5.61. The highest BCUT2D eigenvalue weighted by Gasteiger charge is 2.30. The largest absolute Gasteiger partial charge is 0.436 e. The summed E-state index contributed by atoms with van der Waals surface area (Å²) in [5.41, 5.74) is 3.50. The summed E-state index contributed by atoms with van der Waals surface area (Å²) in [6.45, 7) is 7.66. The van der Waals surface area contributed by atoms with Gasteiger partial charge >= 0.3 is 6.18 Å². The lowest BCUT2D eigenvalue weighted by molar-refractivity contribution is -0.142. The zero-order valence-electron chi connectivity index (χ0n) is 23.0. The molecule has 0 spiro atoms. The number of nitrogens with zero attached hydrogens (tertiary/aromatic N) is 8. The first-order valence-electron chi connectivity index (χ1n) is 13.1. The molecule has 0 aliphatic rings. The molecule has 0 bridgehead atoms. The predicted molar refractivity (Wildman–Crippen MR) is 147 cm³/mol. The van der Waals surface area contributed by atoms with Gasteiger partial charge in [0, 0.05) is 41.5 Å². The van der Waals surface area contributed by atoms with Crippen molar-refractivity contribution < 1.29 is 23.0 Å². The van der Waals surface area contributed by atoms with Crippen LogP contribution in [-0.4, -0.2) is 58.9 Å². The second-order valence-electron chi connectivity index (χ2n) is 9.48. The van der Waals surface area contributed by atoms with Crippen LogP contribution in [0.4, 0.5) is 19.0 Å². The number of hydrogen-bond donors (Lipinski definition) is 1. The molecule has 1 N–H and O–H groups in total. The van der Waals surface area contributed by atoms with Crippen molar-refractivity contribution in [1.82, 2.24) is 34.6 Å². The summed E-state index contributed by atoms with van der Waals surface area (Å²) in [5.74, 6) is 1.61. The van der Waals surface area contributed by atoms with Gasteiger partial charge in [-0.3, -0.25) is 4.68 Å². The Labute approximate surface area is 234 Å². The van der Waals surface area contributed by atoms with Crippen LogP contribution in [0.15, 0.2) is 55.0 Å². The molecule has 1 unspecified atom stereocenters. The number of aliphatic hydroxyl groups excluding tert-OH is 1. The summed E-state index contributed by atoms with van der Waals surface area (Å²) in [5, 5.41) is 27.1. The third-order valence-corrected chi connectivity index (χ3v) is 6.76. The Balaban J connectivity index is 1.45. The van der Waals surface area contributed by atoms with E-state index in [9.17, 15) is 18.3 Å². The van der Waals surface area contributed by atoms with Gasteiger partial charge in [-0.1, -0.05) is 6.07 Å². The van der Waals surface area contributed by atoms with Crippen molar-refractivity contribution >= 4 is 11.3 Å². The number of halogens is 3. The summed E-state index contributed by atoms with van der Waals surface area (Å²) < 4.78 is 47.5. The lowest BCUT2D eigenvalue weighted by Gasteiger charge is -2.18. The van der Waals surface area contributed by atoms with Gasteiger partial charge in [0.25, 0.3) is 0 Å². The van der Waals surface area contributed by atoms with Crippen LogP contribution >= 0.6 is 0 Å². The normalized spacial score (nSPS) is 12.6. The van der Waals surface area contributed by atoms with Gasteiger partial charge in [0.2, 0.25) is 5.88 Å². The van der Waals surface area contributed by atoms with E-state index in [-0.39, 0.29) is 0 Å². The molecule has 5 aromatic rings. The average Bonchev–Trinajstić information content (AvgIpc) is 3.52. The first-order valence-corrected chi connectivity index (χ1v) is 13.1. The molecule has 5 rings (SSSR count). The highest BCUT2D eigenvalue weighted by atomic mass is 19.4. The van der Waals surface area contributed by atoms with Gasteiger partial charge in [0.15, 0.2) is 5.82 Å². The summed E-state index contributed by atoms with van der Waals surface area (Å²) in [7, 11) is 0. The van der Waals surface area contributed by atoms with Crippen molar-refractivity contribution in [3.8, 4) is 34.1 Å². The van der Waals surface area contributed by atoms with Gasteiger partial charge in [0.05, 0.1) is 41.6 Å². The Morgan fingerprint density at radius 2 is 1.73 bits per heavy atom. The zero-order chi connectivity index (χ0) is 29.3. The molecule has 0 aliphatic heterocycles. The van der Waals surface area contributed by atoms with Gasteiger partial charge in [-0.15, -0.1) is 10.2 Å². The maximum absolute atomic E-state index is 13.0. The standard InChI is InChI=1S/C28H29F3N8O2/c1-5-37(6-2)25-11-12-26(36-35-25)41-19-7-10-24-22(14-32-38(24)15-19)23-9-8-20(18(4)40)27(34-23)21-13-33-39(17(21)3)16-28(29,30)31/h7-15,18,40H,5-6,16H2,1-4H3. The molecule has 0 saturated carbocycles. The van der Waals surface area contributed by atoms with E-state index in [0.717, 1.165) is 29.1 Å². The maximum atomic E-state index is 13.0. The van der Waals surface area contributed by atoms with Crippen LogP contribution in [0.25, 0.3) is 28.0 Å². The van der Waals surface area contributed by atoms with E-state index in [1.54, 1.807) is 55.0 Å². The molecule has 5 aromatic heterocycles. The van der Waals surface area contributed by atoms with E-state index in [2.05, 4.69) is 25.3 Å². The Kier molecular flexibility index (Phi) is 7.63. The Morgan fingerprint density at radius 1 is 0.976 bits per heavy atom. The summed E-state index contributed by atoms with van der Waals surface area (Å²) in [6, 6.07) is 10.7. The third kappa shape index (κ3) is 5.85. The van der Waals surface area contributed by atoms with Gasteiger partial charge < -0.3 is 14.7 Å². The van der Waals surface area contributed by atoms with Crippen LogP contribution in [0, 0.1) is 6.92 Å². The monoisotopic (exact) mass is 566 g/mol. The summed E-state index contributed by atoms with van der Waals surface area (Å²) in [4.78, 5) is 6.83. The van der Waals surface area contributed by atoms with Crippen LogP contribution < -0.4 is 9.64 Å². The number of aliphatic hydroxyl groups is 1. The number of hydrogen-bond acceptors (Lipinski definition) is 8. The minimum absolute atomic E-state index is 0.295. The Morgan fingerprint density at radius 3 is 2.39 bits per heavy atom. The van der Waals surface area contributed by atoms with Crippen LogP contribution in [0.2, 0.25) is 0 Å². The smallest absolute Gasteiger partial charge is 0.408 e. The van der Waals surface area contributed by atoms with Gasteiger partial charge in [0.1, 0.15) is 12.3 Å². The van der Waals surface area contributed by atoms with E-state index in [0.29, 0.717) is 45.4 Å². The number of anilines is 1. The number of aromatic nitrogens is 7. The first kappa shape index (κ1) is 28.0. The molecule has 0 radical (unpaired) electrons. The summed E-state index contributed by atoms with van der Waals surface area (Å²) in [6.07, 6.45) is -0.626. The van der Waals surface area contributed by atoms with Crippen LogP contribution in [0.3, 0.4) is 0 Å². The Hall–Kier alpha value is -4.52. The molecular formula is C28H29F3N8O2. The van der Waals surface area contributed by atoms with E-state index < -0.39 is 18.8 Å². The van der Waals surface area contributed by atoms with Crippen molar-refractivity contribution in [2.45, 2.75) is 46.5 Å². The molecule has 13 heteroatoms. The van der Waals surface area contributed by atoms with Crippen LogP contribution in [0.1, 0.15) is 38.1 Å². The molecule has 0 fully saturated rings. The quantitative estimate of drug-likeness (QED) is 0.245. The molecule has 41 heavy (non-hydrogen) atoms. The number of ether oxygens (including phenoxy) is 1. The molecule has 5 heterocycles. The fraction of sp³-hybridized carbons (Fsp3) is 0.321. The fourth-order valence-electron chi connectivity index (χ4n) is 4.61. The number of fused-ring (bicyclic) bond motifs is 1.